The van der Waals surface area contributed by atoms with Crippen molar-refractivity contribution in [3.63, 3.8) is 0 Å². The lowest BCUT2D eigenvalue weighted by atomic mass is 10.3. The van der Waals surface area contributed by atoms with E-state index in [1.165, 1.54) is 17.7 Å². The van der Waals surface area contributed by atoms with Gasteiger partial charge in [0, 0.05) is 4.90 Å². The summed E-state index contributed by atoms with van der Waals surface area (Å²) in [5.41, 5.74) is 0. The van der Waals surface area contributed by atoms with E-state index in [1.54, 1.807) is 11.8 Å². The Morgan fingerprint density at radius 1 is 1.46 bits per heavy atom. The number of ether oxygens (including phenoxy) is 1. The molecule has 0 aliphatic heterocycles. The maximum Gasteiger partial charge on any atom is 0.138 e. The van der Waals surface area contributed by atoms with E-state index in [-0.39, 0.29) is 0 Å². The van der Waals surface area contributed by atoms with Crippen LogP contribution >= 0.6 is 23.4 Å². The number of hydrogen-bond acceptors (Lipinski definition) is 2. The van der Waals surface area contributed by atoms with E-state index in [9.17, 15) is 0 Å². The summed E-state index contributed by atoms with van der Waals surface area (Å²) in [5.74, 6) is 0.821. The standard InChI is InChI=1S/C10H11ClOS/c1-13-8-4-5-10(9(11)6-8)12-7-2-3-7/h4-7H,2-3H2,1H3. The van der Waals surface area contributed by atoms with Crippen LogP contribution in [0.4, 0.5) is 0 Å². The van der Waals surface area contributed by atoms with Gasteiger partial charge >= 0.3 is 0 Å². The van der Waals surface area contributed by atoms with Gasteiger partial charge < -0.3 is 4.74 Å². The molecule has 1 aromatic carbocycles. The predicted molar refractivity (Wildman–Crippen MR) is 56.9 cm³/mol. The van der Waals surface area contributed by atoms with Crippen molar-refractivity contribution >= 4 is 23.4 Å². The van der Waals surface area contributed by atoms with E-state index >= 15 is 0 Å². The Hall–Kier alpha value is -0.340. The van der Waals surface area contributed by atoms with Crippen LogP contribution in [-0.2, 0) is 0 Å². The van der Waals surface area contributed by atoms with Crippen LogP contribution in [0.2, 0.25) is 5.02 Å². The molecule has 1 aliphatic rings. The van der Waals surface area contributed by atoms with Crippen LogP contribution in [-0.4, -0.2) is 12.4 Å². The summed E-state index contributed by atoms with van der Waals surface area (Å²) in [5, 5.41) is 0.721. The minimum Gasteiger partial charge on any atom is -0.489 e. The first-order valence-electron chi connectivity index (χ1n) is 4.30. The van der Waals surface area contributed by atoms with Crippen LogP contribution in [0, 0.1) is 0 Å². The monoisotopic (exact) mass is 214 g/mol. The van der Waals surface area contributed by atoms with Crippen molar-refractivity contribution < 1.29 is 4.74 Å². The minimum atomic E-state index is 0.414. The molecule has 0 spiro atoms. The first kappa shape index (κ1) is 9.22. The summed E-state index contributed by atoms with van der Waals surface area (Å²) in [6, 6.07) is 5.94. The Labute approximate surface area is 87.4 Å². The van der Waals surface area contributed by atoms with Gasteiger partial charge in [-0.2, -0.15) is 0 Å². The molecule has 0 aromatic heterocycles. The number of thioether (sulfide) groups is 1. The zero-order valence-corrected chi connectivity index (χ0v) is 8.99. The molecule has 70 valence electrons. The van der Waals surface area contributed by atoms with E-state index in [4.69, 9.17) is 16.3 Å². The van der Waals surface area contributed by atoms with Crippen molar-refractivity contribution in [3.8, 4) is 5.75 Å². The molecule has 0 heterocycles. The van der Waals surface area contributed by atoms with Crippen molar-refractivity contribution in [1.82, 2.24) is 0 Å². The van der Waals surface area contributed by atoms with Crippen LogP contribution in [0.15, 0.2) is 23.1 Å². The van der Waals surface area contributed by atoms with E-state index in [1.807, 2.05) is 24.5 Å². The third-order valence-electron chi connectivity index (χ3n) is 1.96. The largest absolute Gasteiger partial charge is 0.489 e. The van der Waals surface area contributed by atoms with Gasteiger partial charge in [-0.1, -0.05) is 11.6 Å². The Morgan fingerprint density at radius 3 is 2.77 bits per heavy atom. The molecule has 1 aromatic rings. The van der Waals surface area contributed by atoms with Gasteiger partial charge in [-0.05, 0) is 37.3 Å². The van der Waals surface area contributed by atoms with Crippen LogP contribution in [0.1, 0.15) is 12.8 Å². The van der Waals surface area contributed by atoms with E-state index in [0.29, 0.717) is 6.10 Å². The van der Waals surface area contributed by atoms with Crippen molar-refractivity contribution in [2.75, 3.05) is 6.26 Å². The molecule has 2 rings (SSSR count). The molecule has 0 bridgehead atoms. The van der Waals surface area contributed by atoms with Gasteiger partial charge in [-0.15, -0.1) is 11.8 Å². The van der Waals surface area contributed by atoms with Gasteiger partial charge in [-0.25, -0.2) is 0 Å². The first-order chi connectivity index (χ1) is 6.29. The molecule has 1 fully saturated rings. The fourth-order valence-corrected chi connectivity index (χ4v) is 1.80. The van der Waals surface area contributed by atoms with E-state index in [0.717, 1.165) is 10.8 Å². The summed E-state index contributed by atoms with van der Waals surface area (Å²) >= 11 is 7.73. The molecular weight excluding hydrogens is 204 g/mol. The third kappa shape index (κ3) is 2.32. The lowest BCUT2D eigenvalue weighted by Crippen LogP contribution is -1.96. The second kappa shape index (κ2) is 3.81. The normalized spacial score (nSPS) is 15.8. The second-order valence-corrected chi connectivity index (χ2v) is 4.40. The van der Waals surface area contributed by atoms with Crippen LogP contribution < -0.4 is 4.74 Å². The highest BCUT2D eigenvalue weighted by Gasteiger charge is 2.24. The molecular formula is C10H11ClOS. The molecule has 13 heavy (non-hydrogen) atoms. The van der Waals surface area contributed by atoms with Gasteiger partial charge in [0.2, 0.25) is 0 Å². The highest BCUT2D eigenvalue weighted by molar-refractivity contribution is 7.98. The fraction of sp³-hybridized carbons (Fsp3) is 0.400. The minimum absolute atomic E-state index is 0.414. The van der Waals surface area contributed by atoms with Gasteiger partial charge in [0.15, 0.2) is 0 Å². The summed E-state index contributed by atoms with van der Waals surface area (Å²) in [6.45, 7) is 0. The molecule has 0 unspecified atom stereocenters. The summed E-state index contributed by atoms with van der Waals surface area (Å²) < 4.78 is 5.61. The smallest absolute Gasteiger partial charge is 0.138 e. The van der Waals surface area contributed by atoms with Gasteiger partial charge in [0.05, 0.1) is 11.1 Å². The summed E-state index contributed by atoms with van der Waals surface area (Å²) in [6.07, 6.45) is 4.78. The molecule has 1 aliphatic carbocycles. The topological polar surface area (TPSA) is 9.23 Å². The van der Waals surface area contributed by atoms with Crippen molar-refractivity contribution in [3.05, 3.63) is 23.2 Å². The highest BCUT2D eigenvalue weighted by atomic mass is 35.5. The van der Waals surface area contributed by atoms with Crippen LogP contribution in [0.25, 0.3) is 0 Å². The zero-order valence-electron chi connectivity index (χ0n) is 7.42. The zero-order chi connectivity index (χ0) is 9.26. The average Bonchev–Trinajstić information content (AvgIpc) is 2.92. The fourth-order valence-electron chi connectivity index (χ4n) is 1.07. The number of halogens is 1. The number of benzene rings is 1. The Bertz CT molecular complexity index is 310. The summed E-state index contributed by atoms with van der Waals surface area (Å²) in [7, 11) is 0. The molecule has 0 saturated heterocycles. The average molecular weight is 215 g/mol. The molecule has 1 saturated carbocycles. The summed E-state index contributed by atoms with van der Waals surface area (Å²) in [4.78, 5) is 1.17. The van der Waals surface area contributed by atoms with Gasteiger partial charge in [-0.3, -0.25) is 0 Å². The van der Waals surface area contributed by atoms with Crippen molar-refractivity contribution in [1.29, 1.82) is 0 Å². The Balaban J connectivity index is 2.15. The van der Waals surface area contributed by atoms with Crippen LogP contribution in [0.3, 0.4) is 0 Å². The number of rotatable bonds is 3. The lowest BCUT2D eigenvalue weighted by Gasteiger charge is -2.07. The number of hydrogen-bond donors (Lipinski definition) is 0. The van der Waals surface area contributed by atoms with E-state index < -0.39 is 0 Å². The van der Waals surface area contributed by atoms with Gasteiger partial charge in [0.25, 0.3) is 0 Å². The van der Waals surface area contributed by atoms with Crippen molar-refractivity contribution in [2.24, 2.45) is 0 Å². The van der Waals surface area contributed by atoms with Crippen molar-refractivity contribution in [2.45, 2.75) is 23.8 Å². The molecule has 3 heteroatoms. The molecule has 0 amide bonds. The molecule has 0 atom stereocenters. The molecule has 0 N–H and O–H groups in total. The molecule has 0 radical (unpaired) electrons. The van der Waals surface area contributed by atoms with Crippen LogP contribution in [0.5, 0.6) is 5.75 Å². The quantitative estimate of drug-likeness (QED) is 0.711. The Morgan fingerprint density at radius 2 is 2.23 bits per heavy atom. The Kier molecular flexibility index (Phi) is 2.70. The maximum absolute atomic E-state index is 6.04. The molecule has 1 nitrogen and oxygen atoms in total. The highest BCUT2D eigenvalue weighted by Crippen LogP contribution is 2.33. The second-order valence-electron chi connectivity index (χ2n) is 3.11. The van der Waals surface area contributed by atoms with E-state index in [2.05, 4.69) is 0 Å². The predicted octanol–water partition coefficient (Wildman–Crippen LogP) is 3.60. The SMILES string of the molecule is CSc1ccc(OC2CC2)c(Cl)c1. The third-order valence-corrected chi connectivity index (χ3v) is 2.98. The first-order valence-corrected chi connectivity index (χ1v) is 5.90. The lowest BCUT2D eigenvalue weighted by molar-refractivity contribution is 0.303. The maximum atomic E-state index is 6.04. The van der Waals surface area contributed by atoms with Gasteiger partial charge in [0.1, 0.15) is 5.75 Å².